The molecule has 1 aromatic carbocycles. The van der Waals surface area contributed by atoms with E-state index < -0.39 is 11.9 Å². The van der Waals surface area contributed by atoms with Crippen LogP contribution in [0.1, 0.15) is 30.7 Å². The van der Waals surface area contributed by atoms with Gasteiger partial charge in [0.15, 0.2) is 0 Å². The number of benzene rings is 1. The minimum absolute atomic E-state index is 0.250. The summed E-state index contributed by atoms with van der Waals surface area (Å²) in [5.41, 5.74) is 0.549. The molecule has 0 radical (unpaired) electrons. The van der Waals surface area contributed by atoms with Crippen molar-refractivity contribution in [1.29, 1.82) is 0 Å². The van der Waals surface area contributed by atoms with Crippen molar-refractivity contribution in [2.45, 2.75) is 31.2 Å². The topological polar surface area (TPSA) is 49.8 Å². The molecule has 120 valence electrons. The van der Waals surface area contributed by atoms with E-state index in [-0.39, 0.29) is 11.7 Å². The zero-order valence-electron chi connectivity index (χ0n) is 12.6. The van der Waals surface area contributed by atoms with Gasteiger partial charge in [-0.3, -0.25) is 9.69 Å². The molecule has 22 heavy (non-hydrogen) atoms. The lowest BCUT2D eigenvalue weighted by Gasteiger charge is -2.41. The van der Waals surface area contributed by atoms with Crippen LogP contribution < -0.4 is 0 Å². The highest BCUT2D eigenvalue weighted by Crippen LogP contribution is 2.40. The smallest absolute Gasteiger partial charge is 0.307 e. The first-order valence-corrected chi connectivity index (χ1v) is 7.96. The minimum Gasteiger partial charge on any atom is -0.481 e. The van der Waals surface area contributed by atoms with Gasteiger partial charge in [-0.05, 0) is 30.9 Å². The first kappa shape index (κ1) is 15.4. The second kappa shape index (κ2) is 6.75. The fourth-order valence-corrected chi connectivity index (χ4v) is 3.84. The molecule has 0 aromatic heterocycles. The summed E-state index contributed by atoms with van der Waals surface area (Å²) in [4.78, 5) is 13.9. The molecule has 1 heterocycles. The highest BCUT2D eigenvalue weighted by atomic mass is 19.1. The van der Waals surface area contributed by atoms with Crippen LogP contribution in [-0.2, 0) is 9.53 Å². The molecule has 1 saturated carbocycles. The van der Waals surface area contributed by atoms with Crippen molar-refractivity contribution in [1.82, 2.24) is 4.90 Å². The Morgan fingerprint density at radius 3 is 2.64 bits per heavy atom. The Labute approximate surface area is 129 Å². The first-order valence-electron chi connectivity index (χ1n) is 7.96. The van der Waals surface area contributed by atoms with Crippen LogP contribution in [0.2, 0.25) is 0 Å². The van der Waals surface area contributed by atoms with Gasteiger partial charge < -0.3 is 9.84 Å². The fraction of sp³-hybridized carbons (Fsp3) is 0.588. The van der Waals surface area contributed by atoms with Crippen LogP contribution in [0.15, 0.2) is 24.3 Å². The Kier molecular flexibility index (Phi) is 4.74. The predicted octanol–water partition coefficient (Wildman–Crippen LogP) is 2.49. The molecule has 4 nitrogen and oxygen atoms in total. The van der Waals surface area contributed by atoms with Crippen LogP contribution in [0.3, 0.4) is 0 Å². The maximum atomic E-state index is 14.2. The third kappa shape index (κ3) is 3.15. The number of morpholine rings is 1. The fourth-order valence-electron chi connectivity index (χ4n) is 3.84. The molecule has 1 N–H and O–H groups in total. The molecule has 3 atom stereocenters. The van der Waals surface area contributed by atoms with E-state index in [9.17, 15) is 14.3 Å². The second-order valence-corrected chi connectivity index (χ2v) is 6.19. The quantitative estimate of drug-likeness (QED) is 0.932. The minimum atomic E-state index is -0.811. The summed E-state index contributed by atoms with van der Waals surface area (Å²) in [5.74, 6) is -1.84. The summed E-state index contributed by atoms with van der Waals surface area (Å²) < 4.78 is 19.5. The molecular weight excluding hydrogens is 285 g/mol. The zero-order valence-corrected chi connectivity index (χ0v) is 12.6. The number of hydrogen-bond donors (Lipinski definition) is 1. The molecule has 0 spiro atoms. The Morgan fingerprint density at radius 2 is 1.95 bits per heavy atom. The lowest BCUT2D eigenvalue weighted by molar-refractivity contribution is -0.144. The van der Waals surface area contributed by atoms with Gasteiger partial charge in [0.2, 0.25) is 0 Å². The van der Waals surface area contributed by atoms with Crippen molar-refractivity contribution in [3.05, 3.63) is 35.6 Å². The van der Waals surface area contributed by atoms with Crippen molar-refractivity contribution in [3.8, 4) is 0 Å². The molecule has 1 aliphatic carbocycles. The van der Waals surface area contributed by atoms with Gasteiger partial charge in [-0.2, -0.15) is 0 Å². The van der Waals surface area contributed by atoms with Gasteiger partial charge in [-0.25, -0.2) is 4.39 Å². The van der Waals surface area contributed by atoms with E-state index in [1.54, 1.807) is 18.2 Å². The van der Waals surface area contributed by atoms with Gasteiger partial charge in [0, 0.05) is 25.0 Å². The highest BCUT2D eigenvalue weighted by molar-refractivity contribution is 5.71. The highest BCUT2D eigenvalue weighted by Gasteiger charge is 2.39. The number of carboxylic acid groups (broad SMARTS) is 1. The number of halogens is 1. The van der Waals surface area contributed by atoms with Crippen molar-refractivity contribution in [2.75, 3.05) is 26.3 Å². The third-order valence-electron chi connectivity index (χ3n) is 5.01. The monoisotopic (exact) mass is 307 g/mol. The Balaban J connectivity index is 1.82. The van der Waals surface area contributed by atoms with Crippen LogP contribution in [0.4, 0.5) is 4.39 Å². The third-order valence-corrected chi connectivity index (χ3v) is 5.01. The Morgan fingerprint density at radius 1 is 1.23 bits per heavy atom. The Hall–Kier alpha value is -1.46. The van der Waals surface area contributed by atoms with Crippen molar-refractivity contribution in [2.24, 2.45) is 5.92 Å². The van der Waals surface area contributed by atoms with Gasteiger partial charge in [0.1, 0.15) is 5.82 Å². The second-order valence-electron chi connectivity index (χ2n) is 6.19. The lowest BCUT2D eigenvalue weighted by Crippen LogP contribution is -2.47. The summed E-state index contributed by atoms with van der Waals surface area (Å²) in [6, 6.07) is 6.92. The van der Waals surface area contributed by atoms with Gasteiger partial charge in [0.25, 0.3) is 0 Å². The van der Waals surface area contributed by atoms with Crippen molar-refractivity contribution >= 4 is 5.97 Å². The molecule has 1 aliphatic heterocycles. The number of ether oxygens (including phenoxy) is 1. The number of rotatable bonds is 3. The normalized spacial score (nSPS) is 30.1. The molecular formula is C17H22FNO3. The van der Waals surface area contributed by atoms with Crippen LogP contribution in [-0.4, -0.2) is 48.3 Å². The maximum absolute atomic E-state index is 14.2. The van der Waals surface area contributed by atoms with E-state index in [0.29, 0.717) is 24.4 Å². The molecule has 5 heteroatoms. The summed E-state index contributed by atoms with van der Waals surface area (Å²) in [7, 11) is 0. The largest absolute Gasteiger partial charge is 0.481 e. The zero-order chi connectivity index (χ0) is 15.5. The molecule has 0 unspecified atom stereocenters. The van der Waals surface area contributed by atoms with Crippen LogP contribution in [0, 0.1) is 11.7 Å². The number of nitrogens with zero attached hydrogens (tertiary/aromatic N) is 1. The number of carboxylic acids is 1. The lowest BCUT2D eigenvalue weighted by atomic mass is 9.73. The van der Waals surface area contributed by atoms with Crippen molar-refractivity contribution < 1.29 is 19.0 Å². The van der Waals surface area contributed by atoms with E-state index in [2.05, 4.69) is 4.90 Å². The first-order chi connectivity index (χ1) is 10.7. The van der Waals surface area contributed by atoms with Crippen molar-refractivity contribution in [3.63, 3.8) is 0 Å². The predicted molar refractivity (Wildman–Crippen MR) is 80.3 cm³/mol. The number of hydrogen-bond acceptors (Lipinski definition) is 3. The maximum Gasteiger partial charge on any atom is 0.307 e. The van der Waals surface area contributed by atoms with Crippen LogP contribution >= 0.6 is 0 Å². The standard InChI is InChI=1S/C17H22FNO3/c18-16-4-2-1-3-13(16)15-11-12(5-6-14(15)17(20)21)19-7-9-22-10-8-19/h1-4,12,14-15H,5-11H2,(H,20,21)/t12-,14+,15-/m0/s1. The molecule has 1 aromatic rings. The van der Waals surface area contributed by atoms with E-state index in [1.807, 2.05) is 0 Å². The molecule has 2 fully saturated rings. The number of carbonyl (C=O) groups is 1. The number of aliphatic carboxylic acids is 1. The van der Waals surface area contributed by atoms with E-state index in [4.69, 9.17) is 4.74 Å². The molecule has 0 bridgehead atoms. The van der Waals surface area contributed by atoms with Gasteiger partial charge >= 0.3 is 5.97 Å². The van der Waals surface area contributed by atoms with Gasteiger partial charge in [-0.1, -0.05) is 18.2 Å². The summed E-state index contributed by atoms with van der Waals surface area (Å²) in [6.45, 7) is 3.21. The average Bonchev–Trinajstić information content (AvgIpc) is 2.55. The molecule has 3 rings (SSSR count). The van der Waals surface area contributed by atoms with E-state index in [0.717, 1.165) is 32.7 Å². The molecule has 2 aliphatic rings. The van der Waals surface area contributed by atoms with E-state index >= 15 is 0 Å². The van der Waals surface area contributed by atoms with Gasteiger partial charge in [-0.15, -0.1) is 0 Å². The summed E-state index contributed by atoms with van der Waals surface area (Å²) >= 11 is 0. The molecule has 0 amide bonds. The SMILES string of the molecule is O=C(O)[C@@H]1CC[C@H](N2CCOCC2)C[C@H]1c1ccccc1F. The Bertz CT molecular complexity index is 530. The summed E-state index contributed by atoms with van der Waals surface area (Å²) in [6.07, 6.45) is 2.18. The molecule has 1 saturated heterocycles. The average molecular weight is 307 g/mol. The van der Waals surface area contributed by atoms with Gasteiger partial charge in [0.05, 0.1) is 19.1 Å². The van der Waals surface area contributed by atoms with Crippen LogP contribution in [0.5, 0.6) is 0 Å². The van der Waals surface area contributed by atoms with Crippen LogP contribution in [0.25, 0.3) is 0 Å². The summed E-state index contributed by atoms with van der Waals surface area (Å²) in [5, 5.41) is 9.50. The van der Waals surface area contributed by atoms with E-state index in [1.165, 1.54) is 6.07 Å².